The first-order valence-corrected chi connectivity index (χ1v) is 12.5. The van der Waals surface area contributed by atoms with E-state index in [4.69, 9.17) is 4.74 Å². The monoisotopic (exact) mass is 463 g/mol. The standard InChI is InChI=1S/C30H29N3O2/c1-3-5-10-17-33-20-26(22-12-7-9-14-28(22)33)30(24-18-31-16-15-23(24)29(34)35-30)25-19-32(4-2)27-13-8-6-11-21(25)27/h6-9,11-16,18-20H,3-5,10,17H2,1-2H3. The van der Waals surface area contributed by atoms with E-state index in [0.717, 1.165) is 58.0 Å². The third kappa shape index (κ3) is 3.14. The Bertz CT molecular complexity index is 1560. The van der Waals surface area contributed by atoms with Crippen LogP contribution in [0.5, 0.6) is 0 Å². The van der Waals surface area contributed by atoms with Crippen molar-refractivity contribution < 1.29 is 9.53 Å². The van der Waals surface area contributed by atoms with Crippen molar-refractivity contribution in [3.05, 3.63) is 102 Å². The van der Waals surface area contributed by atoms with E-state index in [1.165, 1.54) is 12.8 Å². The number of aromatic nitrogens is 3. The van der Waals surface area contributed by atoms with E-state index in [-0.39, 0.29) is 5.97 Å². The minimum Gasteiger partial charge on any atom is -0.440 e. The third-order valence-corrected chi connectivity index (χ3v) is 7.35. The SMILES string of the molecule is CCCCCn1cc(C2(c3cn(CC)c4ccccc34)OC(=O)c3ccncc32)c2ccccc21. The molecule has 0 N–H and O–H groups in total. The van der Waals surface area contributed by atoms with Gasteiger partial charge < -0.3 is 13.9 Å². The average Bonchev–Trinajstić information content (AvgIpc) is 3.55. The second-order valence-electron chi connectivity index (χ2n) is 9.30. The number of unbranched alkanes of at least 4 members (excludes halogenated alkanes) is 2. The Kier molecular flexibility index (Phi) is 5.21. The van der Waals surface area contributed by atoms with Crippen LogP contribution in [0.1, 0.15) is 60.2 Å². The molecule has 1 aliphatic rings. The van der Waals surface area contributed by atoms with Crippen LogP contribution in [-0.2, 0) is 23.4 Å². The highest BCUT2D eigenvalue weighted by atomic mass is 16.6. The van der Waals surface area contributed by atoms with Crippen molar-refractivity contribution >= 4 is 27.8 Å². The summed E-state index contributed by atoms with van der Waals surface area (Å²) in [6, 6.07) is 18.6. The highest BCUT2D eigenvalue weighted by molar-refractivity contribution is 6.00. The number of ether oxygens (including phenoxy) is 1. The molecule has 0 spiro atoms. The van der Waals surface area contributed by atoms with Crippen LogP contribution in [0.3, 0.4) is 0 Å². The van der Waals surface area contributed by atoms with Gasteiger partial charge in [-0.2, -0.15) is 0 Å². The van der Waals surface area contributed by atoms with Gasteiger partial charge in [0.15, 0.2) is 5.60 Å². The summed E-state index contributed by atoms with van der Waals surface area (Å²) >= 11 is 0. The molecule has 0 amide bonds. The van der Waals surface area contributed by atoms with Gasteiger partial charge in [-0.05, 0) is 31.5 Å². The van der Waals surface area contributed by atoms with Crippen molar-refractivity contribution in [2.45, 2.75) is 51.8 Å². The summed E-state index contributed by atoms with van der Waals surface area (Å²) in [6.45, 7) is 6.11. The van der Waals surface area contributed by atoms with E-state index in [1.807, 2.05) is 6.20 Å². The molecule has 176 valence electrons. The Morgan fingerprint density at radius 2 is 1.49 bits per heavy atom. The van der Waals surface area contributed by atoms with Gasteiger partial charge in [0.25, 0.3) is 0 Å². The minimum atomic E-state index is -1.07. The molecule has 0 aliphatic carbocycles. The lowest BCUT2D eigenvalue weighted by Gasteiger charge is -2.29. The molecule has 0 bridgehead atoms. The number of hydrogen-bond donors (Lipinski definition) is 0. The van der Waals surface area contributed by atoms with Crippen LogP contribution < -0.4 is 0 Å². The van der Waals surface area contributed by atoms with Gasteiger partial charge >= 0.3 is 5.97 Å². The number of rotatable bonds is 7. The van der Waals surface area contributed by atoms with Crippen LogP contribution in [-0.4, -0.2) is 20.1 Å². The van der Waals surface area contributed by atoms with E-state index in [0.29, 0.717) is 5.56 Å². The number of benzene rings is 2. The van der Waals surface area contributed by atoms with E-state index in [1.54, 1.807) is 12.3 Å². The summed E-state index contributed by atoms with van der Waals surface area (Å²) in [5, 5.41) is 2.18. The first kappa shape index (κ1) is 21.7. The highest BCUT2D eigenvalue weighted by Crippen LogP contribution is 2.51. The maximum atomic E-state index is 13.3. The van der Waals surface area contributed by atoms with Gasteiger partial charge in [0.2, 0.25) is 0 Å². The Morgan fingerprint density at radius 1 is 0.829 bits per heavy atom. The number of nitrogens with zero attached hydrogens (tertiary/aromatic N) is 3. The van der Waals surface area contributed by atoms with Crippen LogP contribution in [0.15, 0.2) is 79.4 Å². The molecule has 6 rings (SSSR count). The number of fused-ring (bicyclic) bond motifs is 3. The van der Waals surface area contributed by atoms with Gasteiger partial charge in [-0.25, -0.2) is 4.79 Å². The second kappa shape index (κ2) is 8.42. The number of esters is 1. The summed E-state index contributed by atoms with van der Waals surface area (Å²) in [7, 11) is 0. The van der Waals surface area contributed by atoms with Crippen LogP contribution in [0.25, 0.3) is 21.8 Å². The molecule has 3 aromatic heterocycles. The van der Waals surface area contributed by atoms with Crippen molar-refractivity contribution in [3.8, 4) is 0 Å². The molecular formula is C30H29N3O2. The lowest BCUT2D eigenvalue weighted by atomic mass is 9.80. The van der Waals surface area contributed by atoms with Gasteiger partial charge in [0.05, 0.1) is 5.56 Å². The Labute approximate surface area is 205 Å². The number of aryl methyl sites for hydroxylation is 2. The zero-order valence-electron chi connectivity index (χ0n) is 20.2. The Morgan fingerprint density at radius 3 is 2.17 bits per heavy atom. The molecule has 0 saturated heterocycles. The van der Waals surface area contributed by atoms with Crippen molar-refractivity contribution in [1.29, 1.82) is 0 Å². The lowest BCUT2D eigenvalue weighted by Crippen LogP contribution is -2.29. The number of carbonyl (C=O) groups excluding carboxylic acids is 1. The van der Waals surface area contributed by atoms with Crippen molar-refractivity contribution in [2.24, 2.45) is 0 Å². The molecule has 4 heterocycles. The number of hydrogen-bond acceptors (Lipinski definition) is 3. The third-order valence-electron chi connectivity index (χ3n) is 7.35. The molecule has 0 radical (unpaired) electrons. The molecule has 0 saturated carbocycles. The lowest BCUT2D eigenvalue weighted by molar-refractivity contribution is 0.0258. The molecule has 1 unspecified atom stereocenters. The molecule has 5 heteroatoms. The van der Waals surface area contributed by atoms with E-state index >= 15 is 0 Å². The number of cyclic esters (lactones) is 1. The van der Waals surface area contributed by atoms with Crippen molar-refractivity contribution in [1.82, 2.24) is 14.1 Å². The van der Waals surface area contributed by atoms with E-state index < -0.39 is 5.60 Å². The van der Waals surface area contributed by atoms with Gasteiger partial charge in [0, 0.05) is 76.4 Å². The van der Waals surface area contributed by atoms with Gasteiger partial charge in [0.1, 0.15) is 0 Å². The van der Waals surface area contributed by atoms with Crippen LogP contribution in [0.2, 0.25) is 0 Å². The second-order valence-corrected chi connectivity index (χ2v) is 9.30. The predicted molar refractivity (Wildman–Crippen MR) is 139 cm³/mol. The van der Waals surface area contributed by atoms with Gasteiger partial charge in [-0.15, -0.1) is 0 Å². The summed E-state index contributed by atoms with van der Waals surface area (Å²) in [6.07, 6.45) is 11.3. The molecule has 0 fully saturated rings. The number of pyridine rings is 1. The van der Waals surface area contributed by atoms with E-state index in [9.17, 15) is 4.79 Å². The quantitative estimate of drug-likeness (QED) is 0.200. The highest BCUT2D eigenvalue weighted by Gasteiger charge is 2.51. The zero-order chi connectivity index (χ0) is 24.0. The number of para-hydroxylation sites is 2. The zero-order valence-corrected chi connectivity index (χ0v) is 20.2. The predicted octanol–water partition coefficient (Wildman–Crippen LogP) is 6.66. The fourth-order valence-corrected chi connectivity index (χ4v) is 5.68. The summed E-state index contributed by atoms with van der Waals surface area (Å²) < 4.78 is 11.1. The van der Waals surface area contributed by atoms with Crippen LogP contribution in [0, 0.1) is 0 Å². The summed E-state index contributed by atoms with van der Waals surface area (Å²) in [5.74, 6) is -0.307. The summed E-state index contributed by atoms with van der Waals surface area (Å²) in [4.78, 5) is 17.8. The Hall–Kier alpha value is -3.86. The minimum absolute atomic E-state index is 0.307. The molecule has 35 heavy (non-hydrogen) atoms. The van der Waals surface area contributed by atoms with Gasteiger partial charge in [-0.1, -0.05) is 56.2 Å². The molecule has 5 aromatic rings. The average molecular weight is 464 g/mol. The number of carbonyl (C=O) groups is 1. The smallest absolute Gasteiger partial charge is 0.340 e. The fourth-order valence-electron chi connectivity index (χ4n) is 5.68. The molecule has 1 atom stereocenters. The van der Waals surface area contributed by atoms with Crippen molar-refractivity contribution in [2.75, 3.05) is 0 Å². The van der Waals surface area contributed by atoms with Crippen LogP contribution in [0.4, 0.5) is 0 Å². The Balaban J connectivity index is 1.70. The van der Waals surface area contributed by atoms with Crippen LogP contribution >= 0.6 is 0 Å². The fraction of sp³-hybridized carbons (Fsp3) is 0.267. The van der Waals surface area contributed by atoms with Crippen molar-refractivity contribution in [3.63, 3.8) is 0 Å². The van der Waals surface area contributed by atoms with E-state index in [2.05, 4.69) is 88.9 Å². The largest absolute Gasteiger partial charge is 0.440 e. The topological polar surface area (TPSA) is 49.0 Å². The molecule has 5 nitrogen and oxygen atoms in total. The molecular weight excluding hydrogens is 434 g/mol. The first-order valence-electron chi connectivity index (χ1n) is 12.5. The summed E-state index contributed by atoms with van der Waals surface area (Å²) in [5.41, 5.74) is 4.57. The van der Waals surface area contributed by atoms with Gasteiger partial charge in [-0.3, -0.25) is 4.98 Å². The maximum absolute atomic E-state index is 13.3. The normalized spacial score (nSPS) is 17.3. The molecule has 1 aliphatic heterocycles. The molecule has 2 aromatic carbocycles. The maximum Gasteiger partial charge on any atom is 0.340 e. The first-order chi connectivity index (χ1) is 17.2.